The highest BCUT2D eigenvalue weighted by Gasteiger charge is 2.17. The largest absolute Gasteiger partial charge is 0.474 e. The van der Waals surface area contributed by atoms with E-state index in [1.165, 1.54) is 6.42 Å². The molecule has 0 radical (unpaired) electrons. The molecule has 1 aromatic heterocycles. The average Bonchev–Trinajstić information content (AvgIpc) is 2.32. The predicted molar refractivity (Wildman–Crippen MR) is 43.1 cm³/mol. The lowest BCUT2D eigenvalue weighted by Gasteiger charge is -2.26. The lowest BCUT2D eigenvalue weighted by molar-refractivity contribution is 0.202. The fraction of sp³-hybridized carbons (Fsp3) is 0.625. The van der Waals surface area contributed by atoms with Crippen LogP contribution in [0.1, 0.15) is 12.2 Å². The number of nitrogens with zero attached hydrogens (tertiary/aromatic N) is 1. The molecule has 1 aromatic rings. The summed E-state index contributed by atoms with van der Waals surface area (Å²) in [4.78, 5) is 0. The summed E-state index contributed by atoms with van der Waals surface area (Å²) in [6.07, 6.45) is 1.19. The molecule has 0 unspecified atom stereocenters. The first kappa shape index (κ1) is 7.61. The van der Waals surface area contributed by atoms with E-state index in [9.17, 15) is 0 Å². The molecule has 1 N–H and O–H groups in total. The molecule has 1 atom stereocenters. The van der Waals surface area contributed by atoms with Crippen molar-refractivity contribution in [1.82, 2.24) is 10.5 Å². The van der Waals surface area contributed by atoms with Crippen LogP contribution in [-0.2, 0) is 0 Å². The maximum absolute atomic E-state index is 5.36. The second-order valence-electron chi connectivity index (χ2n) is 3.03. The summed E-state index contributed by atoms with van der Waals surface area (Å²) in [5.74, 6) is 1.37. The molecule has 12 heavy (non-hydrogen) atoms. The fourth-order valence-corrected chi connectivity index (χ4v) is 1.09. The second kappa shape index (κ2) is 3.15. The van der Waals surface area contributed by atoms with E-state index in [0.717, 1.165) is 12.3 Å². The van der Waals surface area contributed by atoms with Crippen molar-refractivity contribution in [2.75, 3.05) is 13.2 Å². The number of rotatable bonds is 3. The SMILES string of the molecule is Cc1cc(OC[C@@H]2CCN2)no1. The third-order valence-electron chi connectivity index (χ3n) is 1.96. The van der Waals surface area contributed by atoms with Crippen molar-refractivity contribution < 1.29 is 9.26 Å². The summed E-state index contributed by atoms with van der Waals surface area (Å²) < 4.78 is 10.2. The van der Waals surface area contributed by atoms with Gasteiger partial charge in [0.25, 0.3) is 5.88 Å². The van der Waals surface area contributed by atoms with E-state index in [0.29, 0.717) is 18.5 Å². The smallest absolute Gasteiger partial charge is 0.254 e. The summed E-state index contributed by atoms with van der Waals surface area (Å²) in [6, 6.07) is 2.29. The number of ether oxygens (including phenoxy) is 1. The van der Waals surface area contributed by atoms with Gasteiger partial charge in [0.1, 0.15) is 12.4 Å². The highest BCUT2D eigenvalue weighted by atomic mass is 16.5. The van der Waals surface area contributed by atoms with Crippen molar-refractivity contribution in [3.05, 3.63) is 11.8 Å². The van der Waals surface area contributed by atoms with Gasteiger partial charge in [-0.25, -0.2) is 0 Å². The Morgan fingerprint density at radius 1 is 1.83 bits per heavy atom. The molecule has 4 heteroatoms. The van der Waals surface area contributed by atoms with Crippen molar-refractivity contribution in [3.8, 4) is 5.88 Å². The lowest BCUT2D eigenvalue weighted by atomic mass is 10.1. The topological polar surface area (TPSA) is 47.3 Å². The molecular weight excluding hydrogens is 156 g/mol. The minimum atomic E-state index is 0.502. The van der Waals surface area contributed by atoms with Crippen LogP contribution in [0.5, 0.6) is 5.88 Å². The first-order valence-corrected chi connectivity index (χ1v) is 4.14. The molecule has 0 saturated carbocycles. The zero-order valence-electron chi connectivity index (χ0n) is 7.04. The van der Waals surface area contributed by atoms with E-state index >= 15 is 0 Å². The number of aryl methyl sites for hydroxylation is 1. The van der Waals surface area contributed by atoms with Gasteiger partial charge in [-0.3, -0.25) is 0 Å². The van der Waals surface area contributed by atoms with E-state index in [2.05, 4.69) is 10.5 Å². The Morgan fingerprint density at radius 3 is 3.17 bits per heavy atom. The Balaban J connectivity index is 1.79. The first-order chi connectivity index (χ1) is 5.84. The quantitative estimate of drug-likeness (QED) is 0.722. The molecule has 1 aliphatic heterocycles. The van der Waals surface area contributed by atoms with Gasteiger partial charge in [-0.1, -0.05) is 0 Å². The monoisotopic (exact) mass is 168 g/mol. The van der Waals surface area contributed by atoms with Crippen molar-refractivity contribution in [2.24, 2.45) is 0 Å². The zero-order chi connectivity index (χ0) is 8.39. The number of hydrogen-bond donors (Lipinski definition) is 1. The van der Waals surface area contributed by atoms with Crippen LogP contribution in [0.25, 0.3) is 0 Å². The van der Waals surface area contributed by atoms with Gasteiger partial charge < -0.3 is 14.6 Å². The van der Waals surface area contributed by atoms with E-state index in [-0.39, 0.29) is 0 Å². The number of hydrogen-bond acceptors (Lipinski definition) is 4. The minimum absolute atomic E-state index is 0.502. The molecule has 0 aliphatic carbocycles. The van der Waals surface area contributed by atoms with Gasteiger partial charge in [0.2, 0.25) is 0 Å². The average molecular weight is 168 g/mol. The fourth-order valence-electron chi connectivity index (χ4n) is 1.09. The normalized spacial score (nSPS) is 21.9. The number of aromatic nitrogens is 1. The van der Waals surface area contributed by atoms with Crippen LogP contribution in [-0.4, -0.2) is 24.4 Å². The van der Waals surface area contributed by atoms with E-state index in [1.807, 2.05) is 6.92 Å². The van der Waals surface area contributed by atoms with Crippen LogP contribution in [0.2, 0.25) is 0 Å². The molecule has 0 bridgehead atoms. The molecule has 4 nitrogen and oxygen atoms in total. The Kier molecular flexibility index (Phi) is 1.99. The Morgan fingerprint density at radius 2 is 2.67 bits per heavy atom. The van der Waals surface area contributed by atoms with Crippen LogP contribution in [0.4, 0.5) is 0 Å². The van der Waals surface area contributed by atoms with E-state index < -0.39 is 0 Å². The van der Waals surface area contributed by atoms with Crippen molar-refractivity contribution in [1.29, 1.82) is 0 Å². The van der Waals surface area contributed by atoms with Crippen LogP contribution >= 0.6 is 0 Å². The molecule has 1 fully saturated rings. The van der Waals surface area contributed by atoms with Gasteiger partial charge in [-0.15, -0.1) is 0 Å². The highest BCUT2D eigenvalue weighted by Crippen LogP contribution is 2.11. The van der Waals surface area contributed by atoms with Gasteiger partial charge in [0.15, 0.2) is 0 Å². The Labute approximate surface area is 70.9 Å². The van der Waals surface area contributed by atoms with E-state index in [4.69, 9.17) is 9.26 Å². The highest BCUT2D eigenvalue weighted by molar-refractivity contribution is 5.09. The molecule has 66 valence electrons. The lowest BCUT2D eigenvalue weighted by Crippen LogP contribution is -2.46. The summed E-state index contributed by atoms with van der Waals surface area (Å²) in [6.45, 7) is 3.64. The molecule has 2 rings (SSSR count). The van der Waals surface area contributed by atoms with Crippen LogP contribution in [0.15, 0.2) is 10.6 Å². The Bertz CT molecular complexity index is 255. The predicted octanol–water partition coefficient (Wildman–Crippen LogP) is 0.724. The van der Waals surface area contributed by atoms with Crippen molar-refractivity contribution in [3.63, 3.8) is 0 Å². The van der Waals surface area contributed by atoms with Gasteiger partial charge in [0, 0.05) is 12.1 Å². The summed E-state index contributed by atoms with van der Waals surface area (Å²) >= 11 is 0. The van der Waals surface area contributed by atoms with Gasteiger partial charge in [-0.05, 0) is 25.0 Å². The van der Waals surface area contributed by atoms with E-state index in [1.54, 1.807) is 6.07 Å². The molecule has 1 saturated heterocycles. The first-order valence-electron chi connectivity index (χ1n) is 4.14. The maximum Gasteiger partial charge on any atom is 0.254 e. The number of nitrogens with one attached hydrogen (secondary N) is 1. The maximum atomic E-state index is 5.36. The molecule has 0 aromatic carbocycles. The second-order valence-corrected chi connectivity index (χ2v) is 3.03. The molecule has 1 aliphatic rings. The molecule has 2 heterocycles. The summed E-state index contributed by atoms with van der Waals surface area (Å²) in [7, 11) is 0. The third kappa shape index (κ3) is 1.58. The minimum Gasteiger partial charge on any atom is -0.474 e. The molecular formula is C8H12N2O2. The van der Waals surface area contributed by atoms with Crippen LogP contribution < -0.4 is 10.1 Å². The zero-order valence-corrected chi connectivity index (χ0v) is 7.04. The standard InChI is InChI=1S/C8H12N2O2/c1-6-4-8(10-12-6)11-5-7-2-3-9-7/h4,7,9H,2-3,5H2,1H3/t7-/m0/s1. The van der Waals surface area contributed by atoms with Crippen LogP contribution in [0.3, 0.4) is 0 Å². The van der Waals surface area contributed by atoms with Gasteiger partial charge in [0.05, 0.1) is 0 Å². The van der Waals surface area contributed by atoms with Crippen LogP contribution in [0, 0.1) is 6.92 Å². The third-order valence-corrected chi connectivity index (χ3v) is 1.96. The van der Waals surface area contributed by atoms with Crippen molar-refractivity contribution >= 4 is 0 Å². The molecule has 0 spiro atoms. The Hall–Kier alpha value is -1.03. The summed E-state index contributed by atoms with van der Waals surface area (Å²) in [5.41, 5.74) is 0. The van der Waals surface area contributed by atoms with Gasteiger partial charge >= 0.3 is 0 Å². The van der Waals surface area contributed by atoms with Gasteiger partial charge in [-0.2, -0.15) is 0 Å². The molecule has 0 amide bonds. The summed E-state index contributed by atoms with van der Waals surface area (Å²) in [5, 5.41) is 6.96. The van der Waals surface area contributed by atoms with Crippen molar-refractivity contribution in [2.45, 2.75) is 19.4 Å².